The highest BCUT2D eigenvalue weighted by molar-refractivity contribution is 7.89. The van der Waals surface area contributed by atoms with Crippen molar-refractivity contribution in [2.75, 3.05) is 20.1 Å². The summed E-state index contributed by atoms with van der Waals surface area (Å²) >= 11 is 0. The maximum atomic E-state index is 13.3. The van der Waals surface area contributed by atoms with Gasteiger partial charge >= 0.3 is 0 Å². The van der Waals surface area contributed by atoms with Gasteiger partial charge in [-0.15, -0.1) is 0 Å². The zero-order valence-corrected chi connectivity index (χ0v) is 17.1. The molecule has 29 heavy (non-hydrogen) atoms. The van der Waals surface area contributed by atoms with E-state index in [4.69, 9.17) is 0 Å². The molecule has 0 bridgehead atoms. The Morgan fingerprint density at radius 3 is 2.41 bits per heavy atom. The molecule has 2 aliphatic rings. The third-order valence-corrected chi connectivity index (χ3v) is 8.13. The highest BCUT2D eigenvalue weighted by Crippen LogP contribution is 2.46. The van der Waals surface area contributed by atoms with Crippen LogP contribution in [0.25, 0.3) is 0 Å². The first-order valence-corrected chi connectivity index (χ1v) is 11.2. The van der Waals surface area contributed by atoms with Crippen LogP contribution in [0.1, 0.15) is 30.9 Å². The molecule has 2 fully saturated rings. The van der Waals surface area contributed by atoms with E-state index in [1.165, 1.54) is 22.8 Å². The molecule has 2 saturated heterocycles. The van der Waals surface area contributed by atoms with Crippen LogP contribution in [0.3, 0.4) is 0 Å². The van der Waals surface area contributed by atoms with Crippen molar-refractivity contribution in [2.45, 2.75) is 36.3 Å². The minimum Gasteiger partial charge on any atom is -0.391 e. The summed E-state index contributed by atoms with van der Waals surface area (Å²) in [6, 6.07) is 12.3. The Labute approximate surface area is 171 Å². The number of likely N-dealkylation sites (tertiary alicyclic amines) is 1. The van der Waals surface area contributed by atoms with Crippen molar-refractivity contribution in [3.63, 3.8) is 0 Å². The zero-order valence-electron chi connectivity index (χ0n) is 16.3. The number of carbonyl (C=O) groups is 1. The molecule has 4 rings (SSSR count). The average molecular weight is 416 g/mol. The summed E-state index contributed by atoms with van der Waals surface area (Å²) in [4.78, 5) is 19.0. The van der Waals surface area contributed by atoms with Crippen molar-refractivity contribution in [2.24, 2.45) is 5.41 Å². The summed E-state index contributed by atoms with van der Waals surface area (Å²) in [6.07, 6.45) is 3.32. The summed E-state index contributed by atoms with van der Waals surface area (Å²) in [5.74, 6) is -0.0184. The van der Waals surface area contributed by atoms with Crippen molar-refractivity contribution in [1.82, 2.24) is 14.2 Å². The standard InChI is InChI=1S/C21H25N3O4S/c1-23-19(16-6-3-2-4-7-16)18(25)14-21(20(23)26)9-12-24(13-10-21)29(27,28)17-8-5-11-22-15-17/h2-8,11,15,18-19,25H,9-10,12-14H2,1H3/t18-,19+/m1/s1. The van der Waals surface area contributed by atoms with Crippen LogP contribution in [0, 0.1) is 5.41 Å². The molecular formula is C21H25N3O4S. The minimum absolute atomic E-state index is 0.0184. The molecule has 7 nitrogen and oxygen atoms in total. The Balaban J connectivity index is 1.52. The number of aromatic nitrogens is 1. The average Bonchev–Trinajstić information content (AvgIpc) is 2.74. The Morgan fingerprint density at radius 1 is 1.10 bits per heavy atom. The second kappa shape index (κ2) is 7.51. The number of nitrogens with zero attached hydrogens (tertiary/aromatic N) is 3. The number of sulfonamides is 1. The van der Waals surface area contributed by atoms with Crippen molar-refractivity contribution >= 4 is 15.9 Å². The van der Waals surface area contributed by atoms with Gasteiger partial charge in [-0.1, -0.05) is 30.3 Å². The van der Waals surface area contributed by atoms with E-state index in [0.29, 0.717) is 19.3 Å². The maximum Gasteiger partial charge on any atom is 0.244 e. The second-order valence-electron chi connectivity index (χ2n) is 7.92. The van der Waals surface area contributed by atoms with E-state index in [2.05, 4.69) is 4.98 Å². The molecule has 2 aromatic rings. The van der Waals surface area contributed by atoms with E-state index >= 15 is 0 Å². The molecule has 1 aromatic heterocycles. The van der Waals surface area contributed by atoms with Gasteiger partial charge in [0.25, 0.3) is 0 Å². The predicted molar refractivity (Wildman–Crippen MR) is 107 cm³/mol. The second-order valence-corrected chi connectivity index (χ2v) is 9.85. The fourth-order valence-electron chi connectivity index (χ4n) is 4.68. The van der Waals surface area contributed by atoms with Crippen LogP contribution in [0.15, 0.2) is 59.8 Å². The van der Waals surface area contributed by atoms with Gasteiger partial charge < -0.3 is 10.0 Å². The SMILES string of the molecule is CN1C(=O)C2(CCN(S(=O)(=O)c3cccnc3)CC2)C[C@@H](O)[C@@H]1c1ccccc1. The van der Waals surface area contributed by atoms with E-state index < -0.39 is 21.5 Å². The molecule has 0 unspecified atom stereocenters. The molecule has 1 N–H and O–H groups in total. The van der Waals surface area contributed by atoms with Crippen LogP contribution < -0.4 is 0 Å². The molecule has 1 spiro atoms. The molecule has 1 aromatic carbocycles. The third kappa shape index (κ3) is 3.45. The summed E-state index contributed by atoms with van der Waals surface area (Å²) in [5.41, 5.74) is 0.183. The monoisotopic (exact) mass is 415 g/mol. The van der Waals surface area contributed by atoms with Gasteiger partial charge in [0.1, 0.15) is 4.90 Å². The van der Waals surface area contributed by atoms with Gasteiger partial charge in [-0.05, 0) is 37.0 Å². The van der Waals surface area contributed by atoms with Crippen LogP contribution in [-0.4, -0.2) is 59.9 Å². The van der Waals surface area contributed by atoms with E-state index in [1.807, 2.05) is 30.3 Å². The number of hydrogen-bond donors (Lipinski definition) is 1. The first-order chi connectivity index (χ1) is 13.8. The summed E-state index contributed by atoms with van der Waals surface area (Å²) in [5, 5.41) is 10.9. The van der Waals surface area contributed by atoms with Crippen LogP contribution in [0.5, 0.6) is 0 Å². The number of amides is 1. The van der Waals surface area contributed by atoms with E-state index in [0.717, 1.165) is 5.56 Å². The lowest BCUT2D eigenvalue weighted by atomic mass is 9.69. The fourth-order valence-corrected chi connectivity index (χ4v) is 6.08. The van der Waals surface area contributed by atoms with Gasteiger partial charge in [0.2, 0.25) is 15.9 Å². The highest BCUT2D eigenvalue weighted by Gasteiger charge is 2.52. The number of hydrogen-bond acceptors (Lipinski definition) is 5. The molecule has 8 heteroatoms. The molecule has 1 amide bonds. The molecule has 2 aliphatic heterocycles. The quantitative estimate of drug-likeness (QED) is 0.826. The molecule has 0 radical (unpaired) electrons. The Bertz CT molecular complexity index is 974. The Morgan fingerprint density at radius 2 is 1.79 bits per heavy atom. The van der Waals surface area contributed by atoms with Crippen LogP contribution in [-0.2, 0) is 14.8 Å². The Hall–Kier alpha value is -2.29. The van der Waals surface area contributed by atoms with Crippen molar-refractivity contribution in [3.8, 4) is 0 Å². The lowest BCUT2D eigenvalue weighted by molar-refractivity contribution is -0.160. The van der Waals surface area contributed by atoms with Gasteiger partial charge in [0, 0.05) is 32.5 Å². The summed E-state index contributed by atoms with van der Waals surface area (Å²) in [7, 11) is -1.91. The molecular weight excluding hydrogens is 390 g/mol. The van der Waals surface area contributed by atoms with Crippen LogP contribution >= 0.6 is 0 Å². The Kier molecular flexibility index (Phi) is 5.18. The van der Waals surface area contributed by atoms with E-state index in [-0.39, 0.29) is 29.9 Å². The lowest BCUT2D eigenvalue weighted by Gasteiger charge is -2.50. The van der Waals surface area contributed by atoms with E-state index in [1.54, 1.807) is 18.0 Å². The third-order valence-electron chi connectivity index (χ3n) is 6.25. The van der Waals surface area contributed by atoms with Gasteiger partial charge in [-0.3, -0.25) is 9.78 Å². The van der Waals surface area contributed by atoms with Gasteiger partial charge in [0.15, 0.2) is 0 Å². The largest absolute Gasteiger partial charge is 0.391 e. The smallest absolute Gasteiger partial charge is 0.244 e. The molecule has 3 heterocycles. The van der Waals surface area contributed by atoms with Gasteiger partial charge in [-0.25, -0.2) is 8.42 Å². The number of benzene rings is 1. The lowest BCUT2D eigenvalue weighted by Crippen LogP contribution is -2.57. The van der Waals surface area contributed by atoms with Crippen LogP contribution in [0.2, 0.25) is 0 Å². The number of pyridine rings is 1. The van der Waals surface area contributed by atoms with E-state index in [9.17, 15) is 18.3 Å². The van der Waals surface area contributed by atoms with Gasteiger partial charge in [0.05, 0.1) is 17.6 Å². The van der Waals surface area contributed by atoms with Gasteiger partial charge in [-0.2, -0.15) is 4.31 Å². The number of carbonyl (C=O) groups excluding carboxylic acids is 1. The maximum absolute atomic E-state index is 13.3. The van der Waals surface area contributed by atoms with Crippen molar-refractivity contribution in [1.29, 1.82) is 0 Å². The van der Waals surface area contributed by atoms with Crippen molar-refractivity contribution in [3.05, 3.63) is 60.4 Å². The number of rotatable bonds is 3. The number of aliphatic hydroxyl groups excluding tert-OH is 1. The predicted octanol–water partition coefficient (Wildman–Crippen LogP) is 1.82. The topological polar surface area (TPSA) is 90.8 Å². The zero-order chi connectivity index (χ0) is 20.6. The summed E-state index contributed by atoms with van der Waals surface area (Å²) < 4.78 is 27.1. The fraction of sp³-hybridized carbons (Fsp3) is 0.429. The first-order valence-electron chi connectivity index (χ1n) is 9.76. The summed E-state index contributed by atoms with van der Waals surface area (Å²) in [6.45, 7) is 0.499. The number of likely N-dealkylation sites (N-methyl/N-ethyl adjacent to an activating group) is 1. The highest BCUT2D eigenvalue weighted by atomic mass is 32.2. The number of aliphatic hydroxyl groups is 1. The molecule has 154 valence electrons. The van der Waals surface area contributed by atoms with Crippen molar-refractivity contribution < 1.29 is 18.3 Å². The molecule has 0 saturated carbocycles. The molecule has 2 atom stereocenters. The first kappa shape index (κ1) is 20.0. The normalized spacial score (nSPS) is 25.3. The minimum atomic E-state index is -3.63. The number of piperidine rings is 2. The molecule has 0 aliphatic carbocycles. The van der Waals surface area contributed by atoms with Crippen LogP contribution in [0.4, 0.5) is 0 Å².